The van der Waals surface area contributed by atoms with Gasteiger partial charge >= 0.3 is 19.5 Å². The van der Waals surface area contributed by atoms with Gasteiger partial charge < -0.3 is 0 Å². The van der Waals surface area contributed by atoms with E-state index in [9.17, 15) is 0 Å². The maximum atomic E-state index is 7.94. The number of hydrogen-bond acceptors (Lipinski definition) is 1. The van der Waals surface area contributed by atoms with Crippen molar-refractivity contribution in [3.63, 3.8) is 0 Å². The van der Waals surface area contributed by atoms with Gasteiger partial charge in [0.05, 0.1) is 0 Å². The van der Waals surface area contributed by atoms with Gasteiger partial charge in [-0.05, 0) is 0 Å². The second-order valence-electron chi connectivity index (χ2n) is 0. The third kappa shape index (κ3) is 9.57. The maximum absolute atomic E-state index is 7.94. The van der Waals surface area contributed by atoms with Crippen molar-refractivity contribution in [3.8, 4) is 0 Å². The van der Waals surface area contributed by atoms with Crippen molar-refractivity contribution in [1.29, 1.82) is 0 Å². The molecule has 0 saturated heterocycles. The van der Waals surface area contributed by atoms with Crippen LogP contribution in [0.5, 0.6) is 0 Å². The Hall–Kier alpha value is 1.57. The first-order valence-corrected chi connectivity index (χ1v) is 0.561. The van der Waals surface area contributed by atoms with Gasteiger partial charge in [-0.3, -0.25) is 0 Å². The quantitative estimate of drug-likeness (QED) is 0.434. The van der Waals surface area contributed by atoms with Crippen molar-refractivity contribution in [1.82, 2.24) is 0 Å². The SMILES string of the molecule is [Mg].[Ni].[O]=[Co]. The molecule has 0 rings (SSSR count). The molecule has 0 heterocycles. The summed E-state index contributed by atoms with van der Waals surface area (Å²) in [7, 11) is 0. The van der Waals surface area contributed by atoms with Crippen molar-refractivity contribution in [2.45, 2.75) is 0 Å². The normalized spacial score (nSPS) is 1.25. The third-order valence-electron chi connectivity index (χ3n) is 0. The predicted molar refractivity (Wildman–Crippen MR) is 6.44 cm³/mol. The van der Waals surface area contributed by atoms with E-state index < -0.39 is 0 Å². The number of hydrogen-bond donors (Lipinski definition) is 0. The fourth-order valence-electron chi connectivity index (χ4n) is 0. The molecule has 0 aliphatic rings. The Bertz CT molecular complexity index is 8.00. The first-order chi connectivity index (χ1) is 1.00. The Morgan fingerprint density at radius 1 is 1.25 bits per heavy atom. The molecule has 0 aromatic rings. The van der Waals surface area contributed by atoms with Gasteiger partial charge in [0.25, 0.3) is 0 Å². The first kappa shape index (κ1) is 17.6. The van der Waals surface area contributed by atoms with E-state index in [4.69, 9.17) is 3.87 Å². The molecular formula is CoMgNiO. The molecule has 0 aromatic carbocycles. The second-order valence-corrected chi connectivity index (χ2v) is 0. The molecule has 0 amide bonds. The Morgan fingerprint density at radius 2 is 1.25 bits per heavy atom. The molecule has 0 aliphatic carbocycles. The summed E-state index contributed by atoms with van der Waals surface area (Å²) >= 11 is 2.31. The van der Waals surface area contributed by atoms with Crippen molar-refractivity contribution >= 4 is 23.1 Å². The van der Waals surface area contributed by atoms with Gasteiger partial charge in [0.2, 0.25) is 0 Å². The van der Waals surface area contributed by atoms with E-state index in [0.717, 1.165) is 0 Å². The summed E-state index contributed by atoms with van der Waals surface area (Å²) in [6, 6.07) is 0. The summed E-state index contributed by atoms with van der Waals surface area (Å²) in [6.07, 6.45) is 0. The Kier molecular flexibility index (Phi) is 104. The van der Waals surface area contributed by atoms with Gasteiger partial charge in [0, 0.05) is 39.5 Å². The zero-order valence-corrected chi connectivity index (χ0v) is 5.21. The second kappa shape index (κ2) is 23.7. The average Bonchev–Trinajstić information content (AvgIpc) is 1.00. The Labute approximate surface area is 58.8 Å². The zero-order valence-electron chi connectivity index (χ0n) is 1.76. The van der Waals surface area contributed by atoms with E-state index in [2.05, 4.69) is 15.7 Å². The Balaban J connectivity index is -0.00000000500. The van der Waals surface area contributed by atoms with Gasteiger partial charge in [-0.15, -0.1) is 0 Å². The summed E-state index contributed by atoms with van der Waals surface area (Å²) in [4.78, 5) is 0. The monoisotopic (exact) mass is 157 g/mol. The van der Waals surface area contributed by atoms with Crippen LogP contribution >= 0.6 is 0 Å². The van der Waals surface area contributed by atoms with E-state index >= 15 is 0 Å². The average molecular weight is 158 g/mol. The van der Waals surface area contributed by atoms with Crippen LogP contribution in [-0.4, -0.2) is 23.1 Å². The van der Waals surface area contributed by atoms with Crippen molar-refractivity contribution in [3.05, 3.63) is 0 Å². The van der Waals surface area contributed by atoms with Crippen LogP contribution in [0.4, 0.5) is 0 Å². The minimum atomic E-state index is 0. The molecule has 0 saturated carbocycles. The van der Waals surface area contributed by atoms with Crippen molar-refractivity contribution < 1.29 is 36.0 Å². The summed E-state index contributed by atoms with van der Waals surface area (Å²) < 4.78 is 7.94. The molecule has 2 radical (unpaired) electrons. The van der Waals surface area contributed by atoms with Gasteiger partial charge in [-0.2, -0.15) is 0 Å². The van der Waals surface area contributed by atoms with Crippen LogP contribution in [-0.2, 0) is 36.0 Å². The van der Waals surface area contributed by atoms with Gasteiger partial charge in [0.15, 0.2) is 0 Å². The van der Waals surface area contributed by atoms with E-state index in [-0.39, 0.29) is 39.5 Å². The fourth-order valence-corrected chi connectivity index (χ4v) is 0. The van der Waals surface area contributed by atoms with Crippen LogP contribution < -0.4 is 0 Å². The summed E-state index contributed by atoms with van der Waals surface area (Å²) in [5.74, 6) is 0. The molecule has 0 spiro atoms. The van der Waals surface area contributed by atoms with Gasteiger partial charge in [-0.1, -0.05) is 0 Å². The molecule has 0 aliphatic heterocycles. The van der Waals surface area contributed by atoms with E-state index in [0.29, 0.717) is 0 Å². The summed E-state index contributed by atoms with van der Waals surface area (Å²) in [5.41, 5.74) is 0. The molecule has 0 unspecified atom stereocenters. The molecule has 1 nitrogen and oxygen atoms in total. The molecule has 0 atom stereocenters. The number of rotatable bonds is 0. The zero-order chi connectivity index (χ0) is 2.00. The van der Waals surface area contributed by atoms with Crippen LogP contribution in [0, 0.1) is 0 Å². The van der Waals surface area contributed by atoms with Crippen LogP contribution in [0.25, 0.3) is 0 Å². The third-order valence-corrected chi connectivity index (χ3v) is 0. The molecule has 27 valence electrons. The molecule has 4 heteroatoms. The van der Waals surface area contributed by atoms with Crippen molar-refractivity contribution in [2.24, 2.45) is 0 Å². The predicted octanol–water partition coefficient (Wildman–Crippen LogP) is -0.505. The summed E-state index contributed by atoms with van der Waals surface area (Å²) in [5, 5.41) is 0. The molecule has 0 aromatic heterocycles. The summed E-state index contributed by atoms with van der Waals surface area (Å²) in [6.45, 7) is 0. The van der Waals surface area contributed by atoms with Crippen LogP contribution in [0.1, 0.15) is 0 Å². The van der Waals surface area contributed by atoms with Crippen LogP contribution in [0.3, 0.4) is 0 Å². The van der Waals surface area contributed by atoms with Crippen molar-refractivity contribution in [2.75, 3.05) is 0 Å². The first-order valence-electron chi connectivity index (χ1n) is 0.136. The molecule has 4 heavy (non-hydrogen) atoms. The van der Waals surface area contributed by atoms with Gasteiger partial charge in [0.1, 0.15) is 0 Å². The Morgan fingerprint density at radius 3 is 1.25 bits per heavy atom. The van der Waals surface area contributed by atoms with E-state index in [1.807, 2.05) is 0 Å². The molecule has 0 fully saturated rings. The van der Waals surface area contributed by atoms with Gasteiger partial charge in [-0.25, -0.2) is 0 Å². The molecular weight excluding hydrogens is 158 g/mol. The molecule has 0 N–H and O–H groups in total. The van der Waals surface area contributed by atoms with E-state index in [1.165, 1.54) is 0 Å². The topological polar surface area (TPSA) is 17.1 Å². The molecule has 0 bridgehead atoms. The van der Waals surface area contributed by atoms with Crippen LogP contribution in [0.2, 0.25) is 0 Å². The standard InChI is InChI=1S/Co.Mg.Ni.O. The van der Waals surface area contributed by atoms with E-state index in [1.54, 1.807) is 0 Å². The fraction of sp³-hybridized carbons (Fsp3) is 0. The minimum absolute atomic E-state index is 0. The van der Waals surface area contributed by atoms with Crippen LogP contribution in [0.15, 0.2) is 0 Å².